The topological polar surface area (TPSA) is 46.3 Å². The van der Waals surface area contributed by atoms with Gasteiger partial charge in [0.1, 0.15) is 5.69 Å². The lowest BCUT2D eigenvalue weighted by Crippen LogP contribution is -2.34. The molecule has 0 fully saturated rings. The molecule has 0 aromatic carbocycles. The van der Waals surface area contributed by atoms with Crippen molar-refractivity contribution in [1.82, 2.24) is 10.1 Å². The first kappa shape index (κ1) is 14.8. The Hall–Kier alpha value is -1.62. The van der Waals surface area contributed by atoms with Gasteiger partial charge in [0.15, 0.2) is 5.76 Å². The predicted octanol–water partition coefficient (Wildman–Crippen LogP) is 3.80. The molecule has 0 N–H and O–H groups in total. The minimum Gasteiger partial charge on any atom is -0.355 e. The van der Waals surface area contributed by atoms with Gasteiger partial charge in [-0.2, -0.15) is 0 Å². The van der Waals surface area contributed by atoms with E-state index < -0.39 is 0 Å². The highest BCUT2D eigenvalue weighted by Gasteiger charge is 2.18. The maximum Gasteiger partial charge on any atom is 0.225 e. The van der Waals surface area contributed by atoms with Gasteiger partial charge in [-0.25, -0.2) is 0 Å². The summed E-state index contributed by atoms with van der Waals surface area (Å²) in [4.78, 5) is 15.0. The van der Waals surface area contributed by atoms with Crippen LogP contribution in [0.1, 0.15) is 32.9 Å². The normalized spacial score (nSPS) is 11.0. The van der Waals surface area contributed by atoms with Crippen molar-refractivity contribution in [2.45, 2.75) is 33.7 Å². The Labute approximate surface area is 123 Å². The summed E-state index contributed by atoms with van der Waals surface area (Å²) in [7, 11) is 0. The molecule has 0 unspecified atom stereocenters. The van der Waals surface area contributed by atoms with Crippen molar-refractivity contribution < 1.29 is 9.32 Å². The van der Waals surface area contributed by atoms with E-state index in [2.05, 4.69) is 12.1 Å². The monoisotopic (exact) mass is 292 g/mol. The van der Waals surface area contributed by atoms with Crippen molar-refractivity contribution in [2.24, 2.45) is 5.92 Å². The third-order valence-electron chi connectivity index (χ3n) is 2.97. The molecule has 2 rings (SSSR count). The summed E-state index contributed by atoms with van der Waals surface area (Å²) in [6, 6.07) is 5.90. The lowest BCUT2D eigenvalue weighted by molar-refractivity contribution is -0.135. The van der Waals surface area contributed by atoms with Crippen LogP contribution in [-0.2, 0) is 11.3 Å². The Balaban J connectivity index is 2.09. The van der Waals surface area contributed by atoms with Crippen molar-refractivity contribution in [3.05, 3.63) is 29.3 Å². The first-order chi connectivity index (χ1) is 9.61. The van der Waals surface area contributed by atoms with Crippen LogP contribution in [0.2, 0.25) is 0 Å². The Kier molecular flexibility index (Phi) is 4.95. The molecule has 0 atom stereocenters. The molecule has 2 aromatic heterocycles. The van der Waals surface area contributed by atoms with E-state index >= 15 is 0 Å². The Morgan fingerprint density at radius 1 is 1.50 bits per heavy atom. The van der Waals surface area contributed by atoms with E-state index in [0.29, 0.717) is 6.54 Å². The van der Waals surface area contributed by atoms with Crippen molar-refractivity contribution in [3.8, 4) is 10.6 Å². The number of hydrogen-bond donors (Lipinski definition) is 0. The summed E-state index contributed by atoms with van der Waals surface area (Å²) in [5.41, 5.74) is 0.802. The van der Waals surface area contributed by atoms with E-state index in [-0.39, 0.29) is 11.8 Å². The fraction of sp³-hybridized carbons (Fsp3) is 0.467. The highest BCUT2D eigenvalue weighted by molar-refractivity contribution is 7.13. The molecule has 5 heteroatoms. The molecule has 0 aliphatic heterocycles. The number of aromatic nitrogens is 1. The summed E-state index contributed by atoms with van der Waals surface area (Å²) in [5, 5.41) is 6.08. The average Bonchev–Trinajstić information content (AvgIpc) is 3.07. The summed E-state index contributed by atoms with van der Waals surface area (Å²) in [5.74, 6) is 0.932. The SMILES string of the molecule is CCCN(Cc1cc(-c2cccs2)on1)C(=O)C(C)C. The van der Waals surface area contributed by atoms with Gasteiger partial charge in [-0.1, -0.05) is 32.0 Å². The smallest absolute Gasteiger partial charge is 0.225 e. The van der Waals surface area contributed by atoms with Crippen LogP contribution in [0.3, 0.4) is 0 Å². The number of nitrogens with zero attached hydrogens (tertiary/aromatic N) is 2. The second-order valence-corrected chi connectivity index (χ2v) is 6.02. The molecule has 0 radical (unpaired) electrons. The molecular weight excluding hydrogens is 272 g/mol. The van der Waals surface area contributed by atoms with Gasteiger partial charge in [0.05, 0.1) is 11.4 Å². The van der Waals surface area contributed by atoms with Crippen LogP contribution in [0.15, 0.2) is 28.1 Å². The summed E-state index contributed by atoms with van der Waals surface area (Å²) < 4.78 is 5.35. The molecular formula is C15H20N2O2S. The van der Waals surface area contributed by atoms with Crippen LogP contribution in [0.4, 0.5) is 0 Å². The Morgan fingerprint density at radius 2 is 2.30 bits per heavy atom. The zero-order chi connectivity index (χ0) is 14.5. The first-order valence-electron chi connectivity index (χ1n) is 6.90. The van der Waals surface area contributed by atoms with Crippen LogP contribution in [0.25, 0.3) is 10.6 Å². The second-order valence-electron chi connectivity index (χ2n) is 5.07. The van der Waals surface area contributed by atoms with Crippen LogP contribution < -0.4 is 0 Å². The van der Waals surface area contributed by atoms with E-state index in [1.54, 1.807) is 11.3 Å². The van der Waals surface area contributed by atoms with Gasteiger partial charge in [-0.3, -0.25) is 4.79 Å². The lowest BCUT2D eigenvalue weighted by Gasteiger charge is -2.22. The van der Waals surface area contributed by atoms with E-state index in [1.807, 2.05) is 42.3 Å². The molecule has 0 bridgehead atoms. The van der Waals surface area contributed by atoms with Crippen molar-refractivity contribution in [1.29, 1.82) is 0 Å². The van der Waals surface area contributed by atoms with Gasteiger partial charge in [0.2, 0.25) is 5.91 Å². The van der Waals surface area contributed by atoms with Crippen LogP contribution >= 0.6 is 11.3 Å². The predicted molar refractivity (Wildman–Crippen MR) is 80.4 cm³/mol. The van der Waals surface area contributed by atoms with Gasteiger partial charge >= 0.3 is 0 Å². The molecule has 0 spiro atoms. The molecule has 1 amide bonds. The fourth-order valence-corrected chi connectivity index (χ4v) is 2.69. The molecule has 4 nitrogen and oxygen atoms in total. The second kappa shape index (κ2) is 6.70. The minimum absolute atomic E-state index is 0.00483. The lowest BCUT2D eigenvalue weighted by atomic mass is 10.1. The largest absolute Gasteiger partial charge is 0.355 e. The van der Waals surface area contributed by atoms with Gasteiger partial charge in [-0.15, -0.1) is 11.3 Å². The van der Waals surface area contributed by atoms with E-state index in [9.17, 15) is 4.79 Å². The van der Waals surface area contributed by atoms with E-state index in [4.69, 9.17) is 4.52 Å². The maximum absolute atomic E-state index is 12.1. The average molecular weight is 292 g/mol. The van der Waals surface area contributed by atoms with Gasteiger partial charge in [0, 0.05) is 18.5 Å². The van der Waals surface area contributed by atoms with E-state index in [1.165, 1.54) is 0 Å². The molecule has 0 saturated heterocycles. The standard InChI is InChI=1S/C15H20N2O2S/c1-4-7-17(15(18)11(2)3)10-12-9-13(19-16-12)14-6-5-8-20-14/h5-6,8-9,11H,4,7,10H2,1-3H3. The zero-order valence-electron chi connectivity index (χ0n) is 12.1. The fourth-order valence-electron chi connectivity index (χ4n) is 2.02. The molecule has 20 heavy (non-hydrogen) atoms. The zero-order valence-corrected chi connectivity index (χ0v) is 12.9. The Bertz CT molecular complexity index is 546. The number of amides is 1. The van der Waals surface area contributed by atoms with E-state index in [0.717, 1.165) is 29.3 Å². The number of carbonyl (C=O) groups is 1. The first-order valence-corrected chi connectivity index (χ1v) is 7.78. The molecule has 0 aliphatic rings. The molecule has 0 aliphatic carbocycles. The number of rotatable bonds is 6. The number of thiophene rings is 1. The Morgan fingerprint density at radius 3 is 2.90 bits per heavy atom. The third-order valence-corrected chi connectivity index (χ3v) is 3.86. The quantitative estimate of drug-likeness (QED) is 0.813. The number of hydrogen-bond acceptors (Lipinski definition) is 4. The number of carbonyl (C=O) groups excluding carboxylic acids is 1. The van der Waals surface area contributed by atoms with Crippen LogP contribution in [0.5, 0.6) is 0 Å². The van der Waals surface area contributed by atoms with Crippen molar-refractivity contribution in [3.63, 3.8) is 0 Å². The van der Waals surface area contributed by atoms with Crippen LogP contribution in [-0.4, -0.2) is 22.5 Å². The third kappa shape index (κ3) is 3.48. The maximum atomic E-state index is 12.1. The summed E-state index contributed by atoms with van der Waals surface area (Å²) in [6.07, 6.45) is 0.939. The molecule has 108 valence electrons. The summed E-state index contributed by atoms with van der Waals surface area (Å²) >= 11 is 1.62. The van der Waals surface area contributed by atoms with Crippen molar-refractivity contribution >= 4 is 17.2 Å². The minimum atomic E-state index is 0.00483. The van der Waals surface area contributed by atoms with Crippen LogP contribution in [0, 0.1) is 5.92 Å². The highest BCUT2D eigenvalue weighted by atomic mass is 32.1. The highest BCUT2D eigenvalue weighted by Crippen LogP contribution is 2.25. The van der Waals surface area contributed by atoms with Gasteiger partial charge < -0.3 is 9.42 Å². The molecule has 2 aromatic rings. The molecule has 2 heterocycles. The van der Waals surface area contributed by atoms with Gasteiger partial charge in [0.25, 0.3) is 0 Å². The van der Waals surface area contributed by atoms with Crippen molar-refractivity contribution in [2.75, 3.05) is 6.54 Å². The molecule has 0 saturated carbocycles. The van der Waals surface area contributed by atoms with Gasteiger partial charge in [-0.05, 0) is 17.9 Å². The summed E-state index contributed by atoms with van der Waals surface area (Å²) in [6.45, 7) is 7.17.